The SMILES string of the molecule is C[C@@H]1C[C@@H]1[C@@H]1C[C@@H]1C=O. The third-order valence-electron chi connectivity index (χ3n) is 2.79. The van der Waals surface area contributed by atoms with Gasteiger partial charge in [-0.3, -0.25) is 0 Å². The van der Waals surface area contributed by atoms with Crippen LogP contribution in [0.3, 0.4) is 0 Å². The van der Waals surface area contributed by atoms with Crippen LogP contribution in [0.4, 0.5) is 0 Å². The first-order chi connectivity index (χ1) is 4.33. The Hall–Kier alpha value is -0.330. The van der Waals surface area contributed by atoms with Crippen LogP contribution in [0.15, 0.2) is 0 Å². The van der Waals surface area contributed by atoms with Crippen molar-refractivity contribution in [3.05, 3.63) is 0 Å². The van der Waals surface area contributed by atoms with Gasteiger partial charge in [0.05, 0.1) is 0 Å². The summed E-state index contributed by atoms with van der Waals surface area (Å²) in [5.74, 6) is 3.12. The van der Waals surface area contributed by atoms with E-state index >= 15 is 0 Å². The average Bonchev–Trinajstić information content (AvgIpc) is 2.61. The van der Waals surface area contributed by atoms with Crippen LogP contribution in [-0.4, -0.2) is 6.29 Å². The van der Waals surface area contributed by atoms with E-state index in [1.807, 2.05) is 0 Å². The highest BCUT2D eigenvalue weighted by atomic mass is 16.1. The summed E-state index contributed by atoms with van der Waals surface area (Å²) in [6, 6.07) is 0. The van der Waals surface area contributed by atoms with Crippen LogP contribution in [0, 0.1) is 23.7 Å². The van der Waals surface area contributed by atoms with Gasteiger partial charge in [-0.05, 0) is 30.6 Å². The van der Waals surface area contributed by atoms with Gasteiger partial charge in [0.2, 0.25) is 0 Å². The lowest BCUT2D eigenvalue weighted by Crippen LogP contribution is -1.86. The van der Waals surface area contributed by atoms with Crippen molar-refractivity contribution >= 4 is 6.29 Å². The molecule has 2 rings (SSSR count). The molecule has 0 N–H and O–H groups in total. The van der Waals surface area contributed by atoms with Gasteiger partial charge in [0.1, 0.15) is 6.29 Å². The highest BCUT2D eigenvalue weighted by molar-refractivity contribution is 5.58. The molecule has 9 heavy (non-hydrogen) atoms. The smallest absolute Gasteiger partial charge is 0.123 e. The zero-order valence-corrected chi connectivity index (χ0v) is 5.71. The highest BCUT2D eigenvalue weighted by Crippen LogP contribution is 2.56. The molecule has 0 aromatic heterocycles. The predicted molar refractivity (Wildman–Crippen MR) is 34.9 cm³/mol. The third-order valence-corrected chi connectivity index (χ3v) is 2.79. The molecule has 1 heteroatoms. The summed E-state index contributed by atoms with van der Waals surface area (Å²) in [6.45, 7) is 2.28. The molecule has 1 nitrogen and oxygen atoms in total. The number of aldehydes is 1. The van der Waals surface area contributed by atoms with Crippen LogP contribution < -0.4 is 0 Å². The van der Waals surface area contributed by atoms with Crippen molar-refractivity contribution in [2.45, 2.75) is 19.8 Å². The Balaban J connectivity index is 1.84. The molecule has 2 fully saturated rings. The molecule has 0 bridgehead atoms. The first kappa shape index (κ1) is 5.45. The zero-order chi connectivity index (χ0) is 6.43. The number of hydrogen-bond acceptors (Lipinski definition) is 1. The summed E-state index contributed by atoms with van der Waals surface area (Å²) in [5.41, 5.74) is 0. The molecule has 0 amide bonds. The molecule has 0 aromatic rings. The molecule has 2 saturated carbocycles. The van der Waals surface area contributed by atoms with E-state index in [0.29, 0.717) is 5.92 Å². The summed E-state index contributed by atoms with van der Waals surface area (Å²) in [5, 5.41) is 0. The molecular formula is C8H12O. The standard InChI is InChI=1S/C8H12O/c1-5-2-7(5)8-3-6(8)4-9/h4-8H,2-3H2,1H3/t5-,6-,7+,8-/m1/s1. The van der Waals surface area contributed by atoms with Crippen LogP contribution in [0.25, 0.3) is 0 Å². The van der Waals surface area contributed by atoms with E-state index in [1.165, 1.54) is 12.8 Å². The lowest BCUT2D eigenvalue weighted by molar-refractivity contribution is -0.109. The second-order valence-electron chi connectivity index (χ2n) is 3.58. The quantitative estimate of drug-likeness (QED) is 0.509. The van der Waals surface area contributed by atoms with Crippen molar-refractivity contribution in [2.75, 3.05) is 0 Å². The van der Waals surface area contributed by atoms with Crippen molar-refractivity contribution in [1.29, 1.82) is 0 Å². The van der Waals surface area contributed by atoms with Crippen molar-refractivity contribution in [3.63, 3.8) is 0 Å². The first-order valence-electron chi connectivity index (χ1n) is 3.78. The van der Waals surface area contributed by atoms with E-state index in [9.17, 15) is 4.79 Å². The average molecular weight is 124 g/mol. The number of carbonyl (C=O) groups is 1. The molecular weight excluding hydrogens is 112 g/mol. The van der Waals surface area contributed by atoms with Gasteiger partial charge in [0.25, 0.3) is 0 Å². The maximum absolute atomic E-state index is 10.2. The minimum Gasteiger partial charge on any atom is -0.303 e. The second kappa shape index (κ2) is 1.59. The predicted octanol–water partition coefficient (Wildman–Crippen LogP) is 1.48. The Morgan fingerprint density at radius 2 is 2.00 bits per heavy atom. The van der Waals surface area contributed by atoms with Crippen LogP contribution in [-0.2, 0) is 4.79 Å². The normalized spacial score (nSPS) is 54.8. The summed E-state index contributed by atoms with van der Waals surface area (Å²) in [6.07, 6.45) is 3.71. The van der Waals surface area contributed by atoms with E-state index in [2.05, 4.69) is 6.92 Å². The van der Waals surface area contributed by atoms with Gasteiger partial charge in [-0.2, -0.15) is 0 Å². The Labute approximate surface area is 55.4 Å². The van der Waals surface area contributed by atoms with Gasteiger partial charge in [-0.15, -0.1) is 0 Å². The molecule has 0 aromatic carbocycles. The van der Waals surface area contributed by atoms with E-state index in [0.717, 1.165) is 24.0 Å². The molecule has 0 radical (unpaired) electrons. The second-order valence-corrected chi connectivity index (χ2v) is 3.58. The highest BCUT2D eigenvalue weighted by Gasteiger charge is 2.51. The van der Waals surface area contributed by atoms with E-state index in [1.54, 1.807) is 0 Å². The Morgan fingerprint density at radius 3 is 2.33 bits per heavy atom. The Kier molecular flexibility index (Phi) is 0.961. The lowest BCUT2D eigenvalue weighted by atomic mass is 10.2. The zero-order valence-electron chi connectivity index (χ0n) is 5.71. The summed E-state index contributed by atoms with van der Waals surface area (Å²) >= 11 is 0. The van der Waals surface area contributed by atoms with Crippen LogP contribution >= 0.6 is 0 Å². The van der Waals surface area contributed by atoms with Crippen molar-refractivity contribution in [2.24, 2.45) is 23.7 Å². The fraction of sp³-hybridized carbons (Fsp3) is 0.875. The van der Waals surface area contributed by atoms with E-state index in [-0.39, 0.29) is 0 Å². The minimum atomic E-state index is 0.458. The van der Waals surface area contributed by atoms with Gasteiger partial charge >= 0.3 is 0 Å². The maximum Gasteiger partial charge on any atom is 0.123 e. The lowest BCUT2D eigenvalue weighted by Gasteiger charge is -1.86. The molecule has 0 aliphatic heterocycles. The Morgan fingerprint density at radius 1 is 1.33 bits per heavy atom. The fourth-order valence-electron chi connectivity index (χ4n) is 1.83. The van der Waals surface area contributed by atoms with Gasteiger partial charge in [0, 0.05) is 5.92 Å². The molecule has 2 aliphatic carbocycles. The largest absolute Gasteiger partial charge is 0.303 e. The van der Waals surface area contributed by atoms with Gasteiger partial charge < -0.3 is 4.79 Å². The molecule has 0 spiro atoms. The molecule has 0 saturated heterocycles. The summed E-state index contributed by atoms with van der Waals surface area (Å²) in [7, 11) is 0. The first-order valence-corrected chi connectivity index (χ1v) is 3.78. The maximum atomic E-state index is 10.2. The fourth-order valence-corrected chi connectivity index (χ4v) is 1.83. The molecule has 0 unspecified atom stereocenters. The number of carbonyl (C=O) groups excluding carboxylic acids is 1. The minimum absolute atomic E-state index is 0.458. The summed E-state index contributed by atoms with van der Waals surface area (Å²) in [4.78, 5) is 10.2. The van der Waals surface area contributed by atoms with Crippen molar-refractivity contribution < 1.29 is 4.79 Å². The van der Waals surface area contributed by atoms with Crippen LogP contribution in [0.5, 0.6) is 0 Å². The van der Waals surface area contributed by atoms with Gasteiger partial charge in [-0.25, -0.2) is 0 Å². The van der Waals surface area contributed by atoms with Gasteiger partial charge in [0.15, 0.2) is 0 Å². The number of hydrogen-bond donors (Lipinski definition) is 0. The molecule has 2 aliphatic rings. The summed E-state index contributed by atoms with van der Waals surface area (Å²) < 4.78 is 0. The molecule has 0 heterocycles. The van der Waals surface area contributed by atoms with Gasteiger partial charge in [-0.1, -0.05) is 6.92 Å². The van der Waals surface area contributed by atoms with Crippen LogP contribution in [0.2, 0.25) is 0 Å². The molecule has 4 atom stereocenters. The topological polar surface area (TPSA) is 17.1 Å². The third kappa shape index (κ3) is 0.790. The Bertz CT molecular complexity index is 142. The van der Waals surface area contributed by atoms with Crippen molar-refractivity contribution in [3.8, 4) is 0 Å². The van der Waals surface area contributed by atoms with Crippen LogP contribution in [0.1, 0.15) is 19.8 Å². The van der Waals surface area contributed by atoms with Crippen molar-refractivity contribution in [1.82, 2.24) is 0 Å². The number of rotatable bonds is 2. The van der Waals surface area contributed by atoms with E-state index in [4.69, 9.17) is 0 Å². The molecule has 50 valence electrons. The monoisotopic (exact) mass is 124 g/mol. The van der Waals surface area contributed by atoms with E-state index < -0.39 is 0 Å².